The van der Waals surface area contributed by atoms with E-state index in [0.29, 0.717) is 0 Å². The van der Waals surface area contributed by atoms with Gasteiger partial charge in [0.2, 0.25) is 0 Å². The van der Waals surface area contributed by atoms with E-state index in [0.717, 1.165) is 17.1 Å². The standard InChI is InChI=1S/C46H35NS/c1-45(2)41-25-12-9-22-37(41)38-23-10-13-26-42(38)46(45,32-16-5-3-6-17-32)33-18-15-21-35(30-33)47(34-19-7-4-8-20-34)36-28-29-40-39-24-11-14-27-43(39)48-44(40)31-36/h3-31H,1-2H3. The summed E-state index contributed by atoms with van der Waals surface area (Å²) in [6.07, 6.45) is 0. The van der Waals surface area contributed by atoms with Crippen molar-refractivity contribution in [1.29, 1.82) is 0 Å². The number of hydrogen-bond donors (Lipinski definition) is 0. The summed E-state index contributed by atoms with van der Waals surface area (Å²) in [5, 5.41) is 2.63. The molecule has 0 aliphatic heterocycles. The zero-order valence-electron chi connectivity index (χ0n) is 27.1. The molecule has 1 atom stereocenters. The van der Waals surface area contributed by atoms with Gasteiger partial charge in [-0.25, -0.2) is 0 Å². The van der Waals surface area contributed by atoms with Crippen molar-refractivity contribution in [3.63, 3.8) is 0 Å². The molecule has 1 unspecified atom stereocenters. The molecule has 8 aromatic rings. The number of para-hydroxylation sites is 1. The zero-order valence-corrected chi connectivity index (χ0v) is 27.9. The van der Waals surface area contributed by atoms with Gasteiger partial charge >= 0.3 is 0 Å². The summed E-state index contributed by atoms with van der Waals surface area (Å²) < 4.78 is 2.62. The van der Waals surface area contributed by atoms with Crippen molar-refractivity contribution < 1.29 is 0 Å². The van der Waals surface area contributed by atoms with Gasteiger partial charge in [0, 0.05) is 42.6 Å². The van der Waals surface area contributed by atoms with Gasteiger partial charge in [-0.05, 0) is 75.8 Å². The molecule has 1 aliphatic carbocycles. The highest BCUT2D eigenvalue weighted by molar-refractivity contribution is 7.25. The maximum atomic E-state index is 2.45. The van der Waals surface area contributed by atoms with E-state index in [1.807, 2.05) is 11.3 Å². The first-order chi connectivity index (χ1) is 23.6. The first-order valence-corrected chi connectivity index (χ1v) is 17.5. The van der Waals surface area contributed by atoms with Crippen LogP contribution in [0.4, 0.5) is 17.1 Å². The Morgan fingerprint density at radius 3 is 1.77 bits per heavy atom. The quantitative estimate of drug-likeness (QED) is 0.182. The zero-order chi connectivity index (χ0) is 32.3. The molecule has 2 heteroatoms. The lowest BCUT2D eigenvalue weighted by Crippen LogP contribution is -2.49. The van der Waals surface area contributed by atoms with Crippen LogP contribution in [0, 0.1) is 0 Å². The molecule has 1 heterocycles. The lowest BCUT2D eigenvalue weighted by molar-refractivity contribution is 0.353. The van der Waals surface area contributed by atoms with Crippen LogP contribution in [0.5, 0.6) is 0 Å². The highest BCUT2D eigenvalue weighted by Gasteiger charge is 2.54. The van der Waals surface area contributed by atoms with Crippen LogP contribution in [0.1, 0.15) is 36.1 Å². The van der Waals surface area contributed by atoms with Crippen molar-refractivity contribution in [3.8, 4) is 11.1 Å². The summed E-state index contributed by atoms with van der Waals surface area (Å²) in [6, 6.07) is 65.0. The topological polar surface area (TPSA) is 3.24 Å². The Balaban J connectivity index is 1.31. The lowest BCUT2D eigenvalue weighted by Gasteiger charge is -2.53. The van der Waals surface area contributed by atoms with Crippen molar-refractivity contribution >= 4 is 48.6 Å². The van der Waals surface area contributed by atoms with Gasteiger partial charge in [0.25, 0.3) is 0 Å². The van der Waals surface area contributed by atoms with Gasteiger partial charge in [0.15, 0.2) is 0 Å². The third-order valence-electron chi connectivity index (χ3n) is 10.5. The molecule has 7 aromatic carbocycles. The molecule has 0 saturated heterocycles. The number of benzene rings is 7. The third-order valence-corrected chi connectivity index (χ3v) is 11.7. The van der Waals surface area contributed by atoms with Crippen molar-refractivity contribution in [3.05, 3.63) is 198 Å². The fraction of sp³-hybridized carbons (Fsp3) is 0.0870. The number of thiophene rings is 1. The van der Waals surface area contributed by atoms with Crippen molar-refractivity contribution in [2.24, 2.45) is 0 Å². The SMILES string of the molecule is CC1(C)c2ccccc2-c2ccccc2C1(c1ccccc1)c1cccc(N(c2ccccc2)c2ccc3c(c2)sc2ccccc23)c1. The van der Waals surface area contributed by atoms with Crippen molar-refractivity contribution in [2.75, 3.05) is 4.90 Å². The molecule has 0 N–H and O–H groups in total. The van der Waals surface area contributed by atoms with Crippen LogP contribution in [0.25, 0.3) is 31.3 Å². The van der Waals surface area contributed by atoms with E-state index in [1.165, 1.54) is 53.6 Å². The molecule has 0 spiro atoms. The highest BCUT2D eigenvalue weighted by Crippen LogP contribution is 2.60. The Morgan fingerprint density at radius 2 is 0.979 bits per heavy atom. The van der Waals surface area contributed by atoms with Crippen LogP contribution < -0.4 is 4.90 Å². The number of nitrogens with zero attached hydrogens (tertiary/aromatic N) is 1. The molecule has 0 fully saturated rings. The minimum Gasteiger partial charge on any atom is -0.310 e. The molecule has 0 bridgehead atoms. The number of anilines is 3. The fourth-order valence-electron chi connectivity index (χ4n) is 8.49. The van der Waals surface area contributed by atoms with Gasteiger partial charge in [0.1, 0.15) is 0 Å². The average Bonchev–Trinajstić information content (AvgIpc) is 3.51. The van der Waals surface area contributed by atoms with Gasteiger partial charge in [-0.2, -0.15) is 0 Å². The number of hydrogen-bond acceptors (Lipinski definition) is 2. The van der Waals surface area contributed by atoms with Gasteiger partial charge in [-0.15, -0.1) is 11.3 Å². The number of rotatable bonds is 5. The average molecular weight is 634 g/mol. The maximum Gasteiger partial charge on any atom is 0.0549 e. The Kier molecular flexibility index (Phi) is 6.64. The van der Waals surface area contributed by atoms with Crippen LogP contribution in [0.2, 0.25) is 0 Å². The maximum absolute atomic E-state index is 2.45. The predicted octanol–water partition coefficient (Wildman–Crippen LogP) is 12.8. The monoisotopic (exact) mass is 633 g/mol. The predicted molar refractivity (Wildman–Crippen MR) is 205 cm³/mol. The fourth-order valence-corrected chi connectivity index (χ4v) is 9.63. The van der Waals surface area contributed by atoms with Crippen LogP contribution in [0.3, 0.4) is 0 Å². The molecular formula is C46H35NS. The van der Waals surface area contributed by atoms with Crippen LogP contribution in [-0.4, -0.2) is 0 Å². The second-order valence-corrected chi connectivity index (χ2v) is 14.4. The van der Waals surface area contributed by atoms with E-state index >= 15 is 0 Å². The van der Waals surface area contributed by atoms with Crippen LogP contribution in [-0.2, 0) is 10.8 Å². The van der Waals surface area contributed by atoms with Crippen LogP contribution in [0.15, 0.2) is 176 Å². The Labute approximate surface area is 286 Å². The second-order valence-electron chi connectivity index (χ2n) is 13.3. The first kappa shape index (κ1) is 28.8. The highest BCUT2D eigenvalue weighted by atomic mass is 32.1. The summed E-state index contributed by atoms with van der Waals surface area (Å²) >= 11 is 1.86. The van der Waals surface area contributed by atoms with E-state index in [1.54, 1.807) is 0 Å². The van der Waals surface area contributed by atoms with E-state index < -0.39 is 5.41 Å². The Hall–Kier alpha value is -5.44. The minimum absolute atomic E-state index is 0.272. The summed E-state index contributed by atoms with van der Waals surface area (Å²) in [4.78, 5) is 2.42. The smallest absolute Gasteiger partial charge is 0.0549 e. The van der Waals surface area contributed by atoms with Gasteiger partial charge in [-0.1, -0.05) is 147 Å². The van der Waals surface area contributed by atoms with Crippen molar-refractivity contribution in [2.45, 2.75) is 24.7 Å². The van der Waals surface area contributed by atoms with Crippen molar-refractivity contribution in [1.82, 2.24) is 0 Å². The van der Waals surface area contributed by atoms with Gasteiger partial charge in [0.05, 0.1) is 5.41 Å². The molecule has 0 saturated carbocycles. The molecule has 9 rings (SSSR count). The second kappa shape index (κ2) is 11.1. The molecular weight excluding hydrogens is 599 g/mol. The van der Waals surface area contributed by atoms with E-state index in [2.05, 4.69) is 195 Å². The number of fused-ring (bicyclic) bond motifs is 6. The molecule has 48 heavy (non-hydrogen) atoms. The molecule has 230 valence electrons. The Bertz CT molecular complexity index is 2440. The summed E-state index contributed by atoms with van der Waals surface area (Å²) in [7, 11) is 0. The largest absolute Gasteiger partial charge is 0.310 e. The Morgan fingerprint density at radius 1 is 0.417 bits per heavy atom. The van der Waals surface area contributed by atoms with Gasteiger partial charge in [-0.3, -0.25) is 0 Å². The molecule has 1 nitrogen and oxygen atoms in total. The minimum atomic E-state index is -0.451. The summed E-state index contributed by atoms with van der Waals surface area (Å²) in [6.45, 7) is 4.87. The molecule has 1 aromatic heterocycles. The van der Waals surface area contributed by atoms with E-state index in [9.17, 15) is 0 Å². The summed E-state index contributed by atoms with van der Waals surface area (Å²) in [5.74, 6) is 0. The van der Waals surface area contributed by atoms with E-state index in [-0.39, 0.29) is 5.41 Å². The molecule has 1 aliphatic rings. The molecule has 0 radical (unpaired) electrons. The molecule has 0 amide bonds. The first-order valence-electron chi connectivity index (χ1n) is 16.7. The van der Waals surface area contributed by atoms with Crippen LogP contribution >= 0.6 is 11.3 Å². The normalized spacial score (nSPS) is 16.4. The van der Waals surface area contributed by atoms with E-state index in [4.69, 9.17) is 0 Å². The lowest BCUT2D eigenvalue weighted by atomic mass is 9.49. The summed E-state index contributed by atoms with van der Waals surface area (Å²) in [5.41, 5.74) is 10.6. The van der Waals surface area contributed by atoms with Gasteiger partial charge < -0.3 is 4.90 Å². The third kappa shape index (κ3) is 4.16.